The van der Waals surface area contributed by atoms with E-state index in [1.54, 1.807) is 60.7 Å². The van der Waals surface area contributed by atoms with E-state index in [1.165, 1.54) is 4.90 Å². The van der Waals surface area contributed by atoms with Crippen molar-refractivity contribution in [3.63, 3.8) is 0 Å². The van der Waals surface area contributed by atoms with Crippen LogP contribution in [0.3, 0.4) is 0 Å². The maximum atomic E-state index is 13.8. The van der Waals surface area contributed by atoms with Gasteiger partial charge in [0.25, 0.3) is 5.91 Å². The number of nitrogens with zero attached hydrogens (tertiary/aromatic N) is 2. The van der Waals surface area contributed by atoms with E-state index in [1.807, 2.05) is 12.1 Å². The Bertz CT molecular complexity index is 1180. The standard InChI is InChI=1S/C25H22N4O2/c26-15-16-10-11-17-12-13-22(20(17)14-16)29(25(31)19-8-4-5-9-21(19)27)23(24(28)30)18-6-2-1-3-7-18/h1-11,14,22-23H,12-13,27H2,(H2,28,30)/t22-,23-/m1/s1. The van der Waals surface area contributed by atoms with Crippen LogP contribution >= 0.6 is 0 Å². The number of hydrogen-bond acceptors (Lipinski definition) is 4. The van der Waals surface area contributed by atoms with Gasteiger partial charge in [-0.05, 0) is 53.8 Å². The molecule has 6 nitrogen and oxygen atoms in total. The number of rotatable bonds is 5. The Balaban J connectivity index is 1.89. The number of fused-ring (bicyclic) bond motifs is 1. The second kappa shape index (κ2) is 8.33. The van der Waals surface area contributed by atoms with Crippen LogP contribution in [0.1, 0.15) is 51.1 Å². The number of primary amides is 1. The van der Waals surface area contributed by atoms with Crippen LogP contribution in [0.4, 0.5) is 5.69 Å². The molecule has 0 aromatic heterocycles. The van der Waals surface area contributed by atoms with E-state index in [2.05, 4.69) is 6.07 Å². The van der Waals surface area contributed by atoms with Gasteiger partial charge in [0.15, 0.2) is 0 Å². The van der Waals surface area contributed by atoms with Crippen LogP contribution in [0.2, 0.25) is 0 Å². The number of amides is 2. The van der Waals surface area contributed by atoms with Crippen LogP contribution in [0.25, 0.3) is 0 Å². The zero-order chi connectivity index (χ0) is 22.0. The van der Waals surface area contributed by atoms with Crippen molar-refractivity contribution >= 4 is 17.5 Å². The Morgan fingerprint density at radius 2 is 1.74 bits per heavy atom. The fourth-order valence-corrected chi connectivity index (χ4v) is 4.31. The second-order valence-electron chi connectivity index (χ2n) is 7.60. The van der Waals surface area contributed by atoms with Gasteiger partial charge < -0.3 is 16.4 Å². The number of carbonyl (C=O) groups excluding carboxylic acids is 2. The van der Waals surface area contributed by atoms with Gasteiger partial charge in [0, 0.05) is 5.69 Å². The lowest BCUT2D eigenvalue weighted by atomic mass is 9.97. The predicted molar refractivity (Wildman–Crippen MR) is 118 cm³/mol. The maximum Gasteiger partial charge on any atom is 0.257 e. The highest BCUT2D eigenvalue weighted by molar-refractivity contribution is 6.01. The van der Waals surface area contributed by atoms with Crippen molar-refractivity contribution in [2.45, 2.75) is 24.9 Å². The fraction of sp³-hybridized carbons (Fsp3) is 0.160. The Labute approximate surface area is 180 Å². The van der Waals surface area contributed by atoms with Gasteiger partial charge >= 0.3 is 0 Å². The van der Waals surface area contributed by atoms with Gasteiger partial charge in [-0.25, -0.2) is 0 Å². The molecule has 0 radical (unpaired) electrons. The van der Waals surface area contributed by atoms with Crippen molar-refractivity contribution in [3.8, 4) is 6.07 Å². The summed E-state index contributed by atoms with van der Waals surface area (Å²) in [5, 5.41) is 9.37. The first-order valence-corrected chi connectivity index (χ1v) is 10.1. The van der Waals surface area contributed by atoms with E-state index < -0.39 is 18.0 Å². The topological polar surface area (TPSA) is 113 Å². The minimum atomic E-state index is -0.977. The molecule has 0 bridgehead atoms. The average molecular weight is 410 g/mol. The molecular formula is C25H22N4O2. The molecule has 154 valence electrons. The van der Waals surface area contributed by atoms with Crippen molar-refractivity contribution in [2.75, 3.05) is 5.73 Å². The molecule has 3 aromatic rings. The summed E-state index contributed by atoms with van der Waals surface area (Å²) in [7, 11) is 0. The number of hydrogen-bond donors (Lipinski definition) is 2. The summed E-state index contributed by atoms with van der Waals surface area (Å²) in [4.78, 5) is 28.0. The lowest BCUT2D eigenvalue weighted by Gasteiger charge is -2.36. The lowest BCUT2D eigenvalue weighted by Crippen LogP contribution is -2.43. The van der Waals surface area contributed by atoms with E-state index in [4.69, 9.17) is 11.5 Å². The summed E-state index contributed by atoms with van der Waals surface area (Å²) in [5.74, 6) is -0.995. The van der Waals surface area contributed by atoms with Crippen molar-refractivity contribution in [3.05, 3.63) is 101 Å². The average Bonchev–Trinajstić information content (AvgIpc) is 3.20. The van der Waals surface area contributed by atoms with E-state index >= 15 is 0 Å². The molecule has 4 N–H and O–H groups in total. The van der Waals surface area contributed by atoms with Crippen LogP contribution in [0.15, 0.2) is 72.8 Å². The van der Waals surface area contributed by atoms with E-state index in [-0.39, 0.29) is 5.91 Å². The largest absolute Gasteiger partial charge is 0.398 e. The van der Waals surface area contributed by atoms with Crippen LogP contribution in [0.5, 0.6) is 0 Å². The predicted octanol–water partition coefficient (Wildman–Crippen LogP) is 3.50. The summed E-state index contributed by atoms with van der Waals surface area (Å²) in [6, 6.07) is 22.1. The third kappa shape index (κ3) is 3.74. The highest BCUT2D eigenvalue weighted by Gasteiger charge is 2.39. The normalized spacial score (nSPS) is 15.5. The molecule has 0 unspecified atom stereocenters. The number of para-hydroxylation sites is 1. The van der Waals surface area contributed by atoms with Crippen LogP contribution in [-0.2, 0) is 11.2 Å². The second-order valence-corrected chi connectivity index (χ2v) is 7.60. The molecule has 0 saturated heterocycles. The Morgan fingerprint density at radius 1 is 1.03 bits per heavy atom. The number of anilines is 1. The van der Waals surface area contributed by atoms with Gasteiger partial charge in [-0.15, -0.1) is 0 Å². The first-order valence-electron chi connectivity index (χ1n) is 10.1. The molecule has 1 aliphatic rings. The zero-order valence-corrected chi connectivity index (χ0v) is 16.9. The highest BCUT2D eigenvalue weighted by Crippen LogP contribution is 2.41. The number of carbonyl (C=O) groups is 2. The summed E-state index contributed by atoms with van der Waals surface area (Å²) in [5.41, 5.74) is 15.7. The number of nitriles is 1. The summed E-state index contributed by atoms with van der Waals surface area (Å²) >= 11 is 0. The number of nitrogens with two attached hydrogens (primary N) is 2. The number of benzene rings is 3. The Hall–Kier alpha value is -4.11. The van der Waals surface area contributed by atoms with Gasteiger partial charge in [0.05, 0.1) is 23.2 Å². The Morgan fingerprint density at radius 3 is 2.42 bits per heavy atom. The molecule has 4 rings (SSSR count). The van der Waals surface area contributed by atoms with E-state index in [0.717, 1.165) is 17.5 Å². The molecule has 0 saturated carbocycles. The van der Waals surface area contributed by atoms with Gasteiger partial charge in [-0.1, -0.05) is 48.5 Å². The molecule has 0 heterocycles. The fourth-order valence-electron chi connectivity index (χ4n) is 4.31. The molecule has 6 heteroatoms. The van der Waals surface area contributed by atoms with Crippen molar-refractivity contribution in [1.29, 1.82) is 5.26 Å². The number of nitrogen functional groups attached to an aromatic ring is 1. The van der Waals surface area contributed by atoms with Crippen molar-refractivity contribution in [2.24, 2.45) is 5.73 Å². The first-order chi connectivity index (χ1) is 15.0. The zero-order valence-electron chi connectivity index (χ0n) is 16.9. The Kier molecular flexibility index (Phi) is 5.42. The minimum Gasteiger partial charge on any atom is -0.398 e. The molecule has 2 atom stereocenters. The summed E-state index contributed by atoms with van der Waals surface area (Å²) < 4.78 is 0. The summed E-state index contributed by atoms with van der Waals surface area (Å²) in [6.45, 7) is 0. The van der Waals surface area contributed by atoms with Crippen molar-refractivity contribution < 1.29 is 9.59 Å². The smallest absolute Gasteiger partial charge is 0.257 e. The van der Waals surface area contributed by atoms with Crippen LogP contribution < -0.4 is 11.5 Å². The SMILES string of the molecule is N#Cc1ccc2c(c1)[C@H](N(C(=O)c1ccccc1N)[C@@H](C(N)=O)c1ccccc1)CC2. The van der Waals surface area contributed by atoms with Crippen LogP contribution in [-0.4, -0.2) is 16.7 Å². The van der Waals surface area contributed by atoms with Crippen molar-refractivity contribution in [1.82, 2.24) is 4.90 Å². The maximum absolute atomic E-state index is 13.8. The summed E-state index contributed by atoms with van der Waals surface area (Å²) in [6.07, 6.45) is 1.36. The minimum absolute atomic E-state index is 0.314. The molecule has 0 spiro atoms. The van der Waals surface area contributed by atoms with Gasteiger partial charge in [0.1, 0.15) is 6.04 Å². The molecule has 0 fully saturated rings. The van der Waals surface area contributed by atoms with Gasteiger partial charge in [-0.3, -0.25) is 9.59 Å². The lowest BCUT2D eigenvalue weighted by molar-refractivity contribution is -0.123. The van der Waals surface area contributed by atoms with Gasteiger partial charge in [0.2, 0.25) is 5.91 Å². The van der Waals surface area contributed by atoms with Crippen LogP contribution in [0, 0.1) is 11.3 Å². The van der Waals surface area contributed by atoms with Gasteiger partial charge in [-0.2, -0.15) is 5.26 Å². The number of aryl methyl sites for hydroxylation is 1. The quantitative estimate of drug-likeness (QED) is 0.627. The van der Waals surface area contributed by atoms with E-state index in [0.29, 0.717) is 28.8 Å². The molecule has 0 aliphatic heterocycles. The molecule has 31 heavy (non-hydrogen) atoms. The van der Waals surface area contributed by atoms with E-state index in [9.17, 15) is 14.9 Å². The molecule has 3 aromatic carbocycles. The highest BCUT2D eigenvalue weighted by atomic mass is 16.2. The monoisotopic (exact) mass is 410 g/mol. The molecular weight excluding hydrogens is 388 g/mol. The molecule has 2 amide bonds. The third-order valence-electron chi connectivity index (χ3n) is 5.75. The third-order valence-corrected chi connectivity index (χ3v) is 5.75. The molecule has 1 aliphatic carbocycles. The first kappa shape index (κ1) is 20.2.